The van der Waals surface area contributed by atoms with Crippen molar-refractivity contribution >= 4 is 46.6 Å². The lowest BCUT2D eigenvalue weighted by molar-refractivity contribution is 0.195. The number of halogens is 3. The van der Waals surface area contributed by atoms with Crippen molar-refractivity contribution in [1.82, 2.24) is 19.7 Å². The molecule has 0 saturated carbocycles. The Balaban J connectivity index is 2.04. The van der Waals surface area contributed by atoms with Crippen LogP contribution in [0.25, 0.3) is 34.0 Å². The van der Waals surface area contributed by atoms with Crippen LogP contribution >= 0.6 is 46.6 Å². The lowest BCUT2D eigenvalue weighted by Crippen LogP contribution is -2.00. The average Bonchev–Trinajstić information content (AvgIpc) is 3.04. The number of thioether (sulfide) groups is 1. The fourth-order valence-corrected chi connectivity index (χ4v) is 4.18. The number of benzene rings is 2. The van der Waals surface area contributed by atoms with E-state index in [0.29, 0.717) is 32.8 Å². The van der Waals surface area contributed by atoms with E-state index in [4.69, 9.17) is 34.8 Å². The molecule has 0 aliphatic rings. The zero-order valence-corrected chi connectivity index (χ0v) is 18.4. The number of hydrogen-bond acceptors (Lipinski definition) is 6. The molecule has 4 aromatic rings. The van der Waals surface area contributed by atoms with E-state index < -0.39 is 0 Å². The van der Waals surface area contributed by atoms with Crippen LogP contribution in [-0.4, -0.2) is 36.3 Å². The summed E-state index contributed by atoms with van der Waals surface area (Å²) in [5, 5.41) is 22.2. The lowest BCUT2D eigenvalue weighted by Gasteiger charge is -2.09. The molecular formula is C20H13Cl3N4O2S. The van der Waals surface area contributed by atoms with Crippen molar-refractivity contribution in [3.8, 4) is 39.8 Å². The van der Waals surface area contributed by atoms with Crippen LogP contribution in [0.4, 0.5) is 0 Å². The van der Waals surface area contributed by atoms with E-state index in [9.17, 15) is 10.3 Å². The molecule has 0 bridgehead atoms. The smallest absolute Gasteiger partial charge is 0.187 e. The number of imidazole rings is 1. The topological polar surface area (TPSA) is 84.1 Å². The van der Waals surface area contributed by atoms with Crippen molar-refractivity contribution < 1.29 is 10.3 Å². The maximum atomic E-state index is 11.1. The molecule has 0 unspecified atom stereocenters. The molecular weight excluding hydrogens is 467 g/mol. The van der Waals surface area contributed by atoms with Gasteiger partial charge in [-0.2, -0.15) is 4.73 Å². The van der Waals surface area contributed by atoms with Gasteiger partial charge in [0.1, 0.15) is 17.1 Å². The van der Waals surface area contributed by atoms with Crippen LogP contribution in [0.15, 0.2) is 53.8 Å². The Morgan fingerprint density at radius 3 is 2.40 bits per heavy atom. The average molecular weight is 480 g/mol. The zero-order valence-electron chi connectivity index (χ0n) is 15.3. The molecule has 0 radical (unpaired) electrons. The summed E-state index contributed by atoms with van der Waals surface area (Å²) in [6, 6.07) is 11.4. The van der Waals surface area contributed by atoms with Gasteiger partial charge in [-0.05, 0) is 36.6 Å². The Hall–Kier alpha value is -2.45. The van der Waals surface area contributed by atoms with Crippen LogP contribution in [0.2, 0.25) is 15.1 Å². The van der Waals surface area contributed by atoms with Gasteiger partial charge in [-0.1, -0.05) is 58.7 Å². The first-order valence-corrected chi connectivity index (χ1v) is 10.9. The fraction of sp³-hybridized carbons (Fsp3) is 0.0500. The largest absolute Gasteiger partial charge is 0.508 e. The third-order valence-electron chi connectivity index (χ3n) is 4.26. The number of aromatic nitrogens is 4. The number of aromatic hydroxyl groups is 1. The van der Waals surface area contributed by atoms with Crippen LogP contribution in [0, 0.1) is 0 Å². The Bertz CT molecular complexity index is 1240. The summed E-state index contributed by atoms with van der Waals surface area (Å²) in [6.07, 6.45) is 3.46. The van der Waals surface area contributed by atoms with Crippen LogP contribution in [-0.2, 0) is 0 Å². The summed E-state index contributed by atoms with van der Waals surface area (Å²) in [7, 11) is 0. The lowest BCUT2D eigenvalue weighted by atomic mass is 10.1. The standard InChI is InChI=1S/C20H13Cl3N4O2S/c1-30-20-24-6-5-15(25-20)18-17(10-3-2-4-11(21)7-10)26-19(27(18)29)16-13(22)8-12(28)9-14(16)23/h2-9,28-29H,1H3. The molecule has 0 saturated heterocycles. The van der Waals surface area contributed by atoms with Crippen molar-refractivity contribution in [2.24, 2.45) is 0 Å². The molecule has 30 heavy (non-hydrogen) atoms. The fourth-order valence-electron chi connectivity index (χ4n) is 2.99. The summed E-state index contributed by atoms with van der Waals surface area (Å²) in [5.41, 5.74) is 2.15. The van der Waals surface area contributed by atoms with Gasteiger partial charge in [-0.3, -0.25) is 0 Å². The molecule has 0 amide bonds. The first-order valence-electron chi connectivity index (χ1n) is 8.52. The van der Waals surface area contributed by atoms with E-state index in [2.05, 4.69) is 15.0 Å². The molecule has 0 aliphatic carbocycles. The van der Waals surface area contributed by atoms with Gasteiger partial charge in [0, 0.05) is 16.8 Å². The van der Waals surface area contributed by atoms with Gasteiger partial charge in [-0.25, -0.2) is 15.0 Å². The van der Waals surface area contributed by atoms with E-state index in [1.807, 2.05) is 12.3 Å². The highest BCUT2D eigenvalue weighted by Gasteiger charge is 2.25. The van der Waals surface area contributed by atoms with Gasteiger partial charge in [0.15, 0.2) is 11.0 Å². The van der Waals surface area contributed by atoms with Crippen LogP contribution in [0.3, 0.4) is 0 Å². The number of hydrogen-bond donors (Lipinski definition) is 2. The molecule has 6 nitrogen and oxygen atoms in total. The third-order valence-corrected chi connectivity index (χ3v) is 5.65. The Labute approximate surface area is 191 Å². The highest BCUT2D eigenvalue weighted by Crippen LogP contribution is 2.41. The van der Waals surface area contributed by atoms with Gasteiger partial charge in [-0.15, -0.1) is 0 Å². The SMILES string of the molecule is CSc1nccc(-c2c(-c3cccc(Cl)c3)nc(-c3c(Cl)cc(O)cc3Cl)n2O)n1. The predicted octanol–water partition coefficient (Wildman–Crippen LogP) is 6.30. The van der Waals surface area contributed by atoms with Gasteiger partial charge in [0.25, 0.3) is 0 Å². The summed E-state index contributed by atoms with van der Waals surface area (Å²) >= 11 is 20.2. The van der Waals surface area contributed by atoms with Crippen molar-refractivity contribution in [1.29, 1.82) is 0 Å². The van der Waals surface area contributed by atoms with E-state index >= 15 is 0 Å². The summed E-state index contributed by atoms with van der Waals surface area (Å²) in [5.74, 6) is -0.000198. The van der Waals surface area contributed by atoms with Crippen molar-refractivity contribution in [3.63, 3.8) is 0 Å². The minimum atomic E-state index is -0.0968. The van der Waals surface area contributed by atoms with Gasteiger partial charge < -0.3 is 10.3 Å². The quantitative estimate of drug-likeness (QED) is 0.203. The van der Waals surface area contributed by atoms with E-state index in [1.165, 1.54) is 23.9 Å². The highest BCUT2D eigenvalue weighted by molar-refractivity contribution is 7.98. The molecule has 2 N–H and O–H groups in total. The van der Waals surface area contributed by atoms with E-state index in [-0.39, 0.29) is 27.2 Å². The highest BCUT2D eigenvalue weighted by atomic mass is 35.5. The molecule has 152 valence electrons. The second-order valence-corrected chi connectivity index (χ2v) is 8.19. The number of rotatable bonds is 4. The van der Waals surface area contributed by atoms with Crippen LogP contribution < -0.4 is 0 Å². The van der Waals surface area contributed by atoms with Gasteiger partial charge in [0.2, 0.25) is 0 Å². The van der Waals surface area contributed by atoms with Crippen LogP contribution in [0.5, 0.6) is 5.75 Å². The Kier molecular flexibility index (Phi) is 5.79. The van der Waals surface area contributed by atoms with Crippen LogP contribution in [0.1, 0.15) is 0 Å². The molecule has 10 heteroatoms. The maximum Gasteiger partial charge on any atom is 0.187 e. The zero-order chi connectivity index (χ0) is 21.4. The second kappa shape index (κ2) is 8.35. The van der Waals surface area contributed by atoms with Crippen molar-refractivity contribution in [2.45, 2.75) is 5.16 Å². The van der Waals surface area contributed by atoms with Crippen molar-refractivity contribution in [2.75, 3.05) is 6.26 Å². The second-order valence-electron chi connectivity index (χ2n) is 6.17. The molecule has 2 heterocycles. The minimum absolute atomic E-state index is 0.0966. The summed E-state index contributed by atoms with van der Waals surface area (Å²) < 4.78 is 0.882. The number of nitrogens with zero attached hydrogens (tertiary/aromatic N) is 4. The summed E-state index contributed by atoms with van der Waals surface area (Å²) in [6.45, 7) is 0. The van der Waals surface area contributed by atoms with Gasteiger partial charge in [0.05, 0.1) is 21.3 Å². The van der Waals surface area contributed by atoms with E-state index in [0.717, 1.165) is 4.73 Å². The molecule has 4 rings (SSSR count). The van der Waals surface area contributed by atoms with Crippen molar-refractivity contribution in [3.05, 3.63) is 63.7 Å². The summed E-state index contributed by atoms with van der Waals surface area (Å²) in [4.78, 5) is 13.3. The molecule has 0 fully saturated rings. The predicted molar refractivity (Wildman–Crippen MR) is 120 cm³/mol. The molecule has 2 aromatic carbocycles. The molecule has 0 atom stereocenters. The third kappa shape index (κ3) is 3.81. The number of phenolic OH excluding ortho intramolecular Hbond substituents is 1. The monoisotopic (exact) mass is 478 g/mol. The minimum Gasteiger partial charge on any atom is -0.508 e. The Morgan fingerprint density at radius 1 is 1.00 bits per heavy atom. The molecule has 0 spiro atoms. The number of phenols is 1. The normalized spacial score (nSPS) is 11.1. The Morgan fingerprint density at radius 2 is 1.73 bits per heavy atom. The molecule has 0 aliphatic heterocycles. The first-order chi connectivity index (χ1) is 14.4. The van der Waals surface area contributed by atoms with Gasteiger partial charge >= 0.3 is 0 Å². The molecule has 2 aromatic heterocycles. The maximum absolute atomic E-state index is 11.1. The first kappa shape index (κ1) is 20.8. The van der Waals surface area contributed by atoms with E-state index in [1.54, 1.807) is 30.5 Å².